The molecule has 0 saturated carbocycles. The molecule has 7 rings (SSSR count). The summed E-state index contributed by atoms with van der Waals surface area (Å²) in [6, 6.07) is 18.9. The molecule has 7 nitrogen and oxygen atoms in total. The van der Waals surface area contributed by atoms with Crippen molar-refractivity contribution in [2.24, 2.45) is 0 Å². The van der Waals surface area contributed by atoms with Crippen molar-refractivity contribution in [3.63, 3.8) is 0 Å². The summed E-state index contributed by atoms with van der Waals surface area (Å²) in [7, 11) is 0. The van der Waals surface area contributed by atoms with Crippen LogP contribution in [-0.2, 0) is 11.2 Å². The van der Waals surface area contributed by atoms with E-state index in [4.69, 9.17) is 9.47 Å². The lowest BCUT2D eigenvalue weighted by Gasteiger charge is -2.28. The second kappa shape index (κ2) is 8.10. The molecule has 0 N–H and O–H groups in total. The van der Waals surface area contributed by atoms with Crippen LogP contribution in [0.1, 0.15) is 42.1 Å². The van der Waals surface area contributed by atoms with Crippen molar-refractivity contribution in [2.75, 3.05) is 18.1 Å². The average molecular weight is 464 g/mol. The predicted molar refractivity (Wildman–Crippen MR) is 132 cm³/mol. The van der Waals surface area contributed by atoms with Crippen LogP contribution in [0.25, 0.3) is 16.6 Å². The Balaban J connectivity index is 1.20. The van der Waals surface area contributed by atoms with Crippen LogP contribution in [0.4, 0.5) is 5.82 Å². The molecule has 0 spiro atoms. The lowest BCUT2D eigenvalue weighted by molar-refractivity contribution is 0.0989. The lowest BCUT2D eigenvalue weighted by atomic mass is 9.88. The molecule has 2 aliphatic heterocycles. The number of ether oxygens (including phenoxy) is 2. The summed E-state index contributed by atoms with van der Waals surface area (Å²) in [6.45, 7) is 1.68. The van der Waals surface area contributed by atoms with Crippen molar-refractivity contribution in [1.82, 2.24) is 14.8 Å². The molecular weight excluding hydrogens is 438 g/mol. The number of hydrogen-bond acceptors (Lipinski definition) is 6. The van der Waals surface area contributed by atoms with E-state index in [9.17, 15) is 5.26 Å². The van der Waals surface area contributed by atoms with Gasteiger partial charge in [0, 0.05) is 30.3 Å². The number of fused-ring (bicyclic) bond motifs is 4. The summed E-state index contributed by atoms with van der Waals surface area (Å²) in [5.74, 6) is 1.80. The Bertz CT molecular complexity index is 1470. The molecule has 2 saturated heterocycles. The van der Waals surface area contributed by atoms with E-state index >= 15 is 0 Å². The third-order valence-electron chi connectivity index (χ3n) is 7.52. The molecule has 2 bridgehead atoms. The van der Waals surface area contributed by atoms with Crippen molar-refractivity contribution in [1.29, 1.82) is 5.26 Å². The predicted octanol–water partition coefficient (Wildman–Crippen LogP) is 4.73. The number of rotatable bonds is 4. The van der Waals surface area contributed by atoms with Crippen LogP contribution in [-0.4, -0.2) is 40.1 Å². The van der Waals surface area contributed by atoms with Crippen LogP contribution in [0.15, 0.2) is 60.9 Å². The molecule has 2 aromatic carbocycles. The van der Waals surface area contributed by atoms with Crippen LogP contribution in [0.5, 0.6) is 5.75 Å². The van der Waals surface area contributed by atoms with E-state index in [2.05, 4.69) is 45.3 Å². The zero-order valence-corrected chi connectivity index (χ0v) is 19.3. The van der Waals surface area contributed by atoms with Crippen LogP contribution in [0, 0.1) is 11.3 Å². The van der Waals surface area contributed by atoms with Gasteiger partial charge in [0.05, 0.1) is 47.8 Å². The second-order valence-electron chi connectivity index (χ2n) is 9.67. The first kappa shape index (κ1) is 20.5. The first-order chi connectivity index (χ1) is 17.2. The van der Waals surface area contributed by atoms with Gasteiger partial charge in [0.1, 0.15) is 17.7 Å². The number of benzene rings is 2. The summed E-state index contributed by atoms with van der Waals surface area (Å²) in [4.78, 5) is 7.00. The molecule has 2 aromatic heterocycles. The summed E-state index contributed by atoms with van der Waals surface area (Å²) < 4.78 is 14.2. The highest BCUT2D eigenvalue weighted by Gasteiger charge is 2.39. The zero-order valence-electron chi connectivity index (χ0n) is 19.3. The van der Waals surface area contributed by atoms with Crippen LogP contribution in [0.2, 0.25) is 0 Å². The van der Waals surface area contributed by atoms with Gasteiger partial charge in [-0.25, -0.2) is 9.67 Å². The van der Waals surface area contributed by atoms with Gasteiger partial charge in [-0.1, -0.05) is 6.07 Å². The van der Waals surface area contributed by atoms with Crippen LogP contribution in [0.3, 0.4) is 0 Å². The Labute approximate surface area is 203 Å². The summed E-state index contributed by atoms with van der Waals surface area (Å²) in [5, 5.41) is 15.0. The Morgan fingerprint density at radius 1 is 1.11 bits per heavy atom. The van der Waals surface area contributed by atoms with Gasteiger partial charge in [0.25, 0.3) is 0 Å². The molecule has 4 heterocycles. The summed E-state index contributed by atoms with van der Waals surface area (Å²) in [5.41, 5.74) is 5.10. The minimum Gasteiger partial charge on any atom is -0.486 e. The van der Waals surface area contributed by atoms with Gasteiger partial charge < -0.3 is 14.4 Å². The Kier molecular flexibility index (Phi) is 4.74. The molecule has 0 radical (unpaired) electrons. The molecule has 174 valence electrons. The monoisotopic (exact) mass is 463 g/mol. The highest BCUT2D eigenvalue weighted by atomic mass is 16.5. The van der Waals surface area contributed by atoms with Gasteiger partial charge in [-0.2, -0.15) is 10.4 Å². The molecular formula is C28H25N5O2. The van der Waals surface area contributed by atoms with Gasteiger partial charge in [0.2, 0.25) is 0 Å². The lowest BCUT2D eigenvalue weighted by Crippen LogP contribution is -2.37. The maximum atomic E-state index is 9.24. The quantitative estimate of drug-likeness (QED) is 0.436. The molecule has 7 heteroatoms. The SMILES string of the molecule is N#Cc1ccc2c(c1)CCCC2Oc1ccc2cnn(-c3ccnc(N4CC5CC4CO5)c3)c2c1. The summed E-state index contributed by atoms with van der Waals surface area (Å²) in [6.07, 6.45) is 8.16. The zero-order chi connectivity index (χ0) is 23.4. The Morgan fingerprint density at radius 3 is 2.94 bits per heavy atom. The van der Waals surface area contributed by atoms with Crippen molar-refractivity contribution in [3.8, 4) is 17.5 Å². The minimum absolute atomic E-state index is 0.0133. The van der Waals surface area contributed by atoms with E-state index in [0.29, 0.717) is 17.7 Å². The van der Waals surface area contributed by atoms with Crippen molar-refractivity contribution in [2.45, 2.75) is 43.9 Å². The third-order valence-corrected chi connectivity index (χ3v) is 7.52. The average Bonchev–Trinajstić information content (AvgIpc) is 3.64. The maximum absolute atomic E-state index is 9.24. The number of morpholine rings is 1. The normalized spacial score (nSPS) is 22.8. The highest BCUT2D eigenvalue weighted by molar-refractivity contribution is 5.82. The van der Waals surface area contributed by atoms with Gasteiger partial charge in [-0.05, 0) is 67.1 Å². The second-order valence-corrected chi connectivity index (χ2v) is 9.67. The van der Waals surface area contributed by atoms with Crippen LogP contribution < -0.4 is 9.64 Å². The van der Waals surface area contributed by atoms with E-state index in [1.807, 2.05) is 41.3 Å². The molecule has 1 aliphatic carbocycles. The number of nitriles is 1. The standard InChI is InChI=1S/C28H25N5O2/c29-14-18-4-7-25-19(10-18)2-1-3-27(25)35-23-6-5-20-15-31-33(26(20)13-23)21-8-9-30-28(12-21)32-16-24-11-22(32)17-34-24/h4-10,12-13,15,22,24,27H,1-3,11,16-17H2. The van der Waals surface area contributed by atoms with Crippen molar-refractivity contribution in [3.05, 3.63) is 77.6 Å². The van der Waals surface area contributed by atoms with Crippen molar-refractivity contribution >= 4 is 16.7 Å². The Hall–Kier alpha value is -3.89. The fourth-order valence-corrected chi connectivity index (χ4v) is 5.78. The molecule has 35 heavy (non-hydrogen) atoms. The minimum atomic E-state index is -0.0133. The molecule has 3 atom stereocenters. The number of hydrogen-bond donors (Lipinski definition) is 0. The largest absolute Gasteiger partial charge is 0.486 e. The topological polar surface area (TPSA) is 76.2 Å². The van der Waals surface area contributed by atoms with Crippen LogP contribution >= 0.6 is 0 Å². The van der Waals surface area contributed by atoms with E-state index in [1.54, 1.807) is 0 Å². The van der Waals surface area contributed by atoms with Gasteiger partial charge in [-0.15, -0.1) is 0 Å². The molecule has 3 aliphatic rings. The van der Waals surface area contributed by atoms with Gasteiger partial charge in [0.15, 0.2) is 0 Å². The first-order valence-electron chi connectivity index (χ1n) is 12.3. The smallest absolute Gasteiger partial charge is 0.131 e. The van der Waals surface area contributed by atoms with E-state index in [1.165, 1.54) is 11.1 Å². The number of aryl methyl sites for hydroxylation is 1. The fraction of sp³-hybridized carbons (Fsp3) is 0.321. The van der Waals surface area contributed by atoms with E-state index in [-0.39, 0.29) is 6.10 Å². The molecule has 3 unspecified atom stereocenters. The number of anilines is 1. The number of aromatic nitrogens is 3. The molecule has 2 fully saturated rings. The summed E-state index contributed by atoms with van der Waals surface area (Å²) >= 11 is 0. The van der Waals surface area contributed by atoms with Gasteiger partial charge >= 0.3 is 0 Å². The van der Waals surface area contributed by atoms with Crippen molar-refractivity contribution < 1.29 is 9.47 Å². The maximum Gasteiger partial charge on any atom is 0.131 e. The molecule has 4 aromatic rings. The Morgan fingerprint density at radius 2 is 2.09 bits per heavy atom. The van der Waals surface area contributed by atoms with E-state index < -0.39 is 0 Å². The molecule has 0 amide bonds. The highest BCUT2D eigenvalue weighted by Crippen LogP contribution is 2.36. The number of pyridine rings is 1. The number of nitrogens with zero attached hydrogens (tertiary/aromatic N) is 5. The van der Waals surface area contributed by atoms with Gasteiger partial charge in [-0.3, -0.25) is 0 Å². The fourth-order valence-electron chi connectivity index (χ4n) is 5.78. The van der Waals surface area contributed by atoms with E-state index in [0.717, 1.165) is 67.0 Å². The third kappa shape index (κ3) is 3.53. The first-order valence-corrected chi connectivity index (χ1v) is 12.3.